The molecule has 0 unspecified atom stereocenters. The Kier molecular flexibility index (Phi) is 6.25. The molecule has 1 fully saturated rings. The first-order valence-corrected chi connectivity index (χ1v) is 9.10. The fraction of sp³-hybridized carbons (Fsp3) is 0.300. The molecule has 2 N–H and O–H groups in total. The minimum Gasteiger partial charge on any atom is -0.321 e. The van der Waals surface area contributed by atoms with Gasteiger partial charge in [-0.3, -0.25) is 14.9 Å². The molecular weight excluding hydrogens is 406 g/mol. The van der Waals surface area contributed by atoms with E-state index in [4.69, 9.17) is 5.21 Å². The van der Waals surface area contributed by atoms with Crippen molar-refractivity contribution in [3.63, 3.8) is 0 Å². The number of nitrogens with one attached hydrogen (secondary N) is 1. The molecule has 30 heavy (non-hydrogen) atoms. The van der Waals surface area contributed by atoms with E-state index in [1.54, 1.807) is 0 Å². The molecule has 0 bridgehead atoms. The second kappa shape index (κ2) is 8.70. The van der Waals surface area contributed by atoms with E-state index < -0.39 is 29.8 Å². The Labute approximate surface area is 169 Å². The first kappa shape index (κ1) is 21.6. The van der Waals surface area contributed by atoms with Gasteiger partial charge in [-0.1, -0.05) is 18.2 Å². The summed E-state index contributed by atoms with van der Waals surface area (Å²) in [6.07, 6.45) is -5.58. The molecule has 0 aromatic heterocycles. The van der Waals surface area contributed by atoms with Crippen LogP contribution in [0.2, 0.25) is 0 Å². The predicted octanol–water partition coefficient (Wildman–Crippen LogP) is 3.99. The normalized spacial score (nSPS) is 16.4. The average molecular weight is 425 g/mol. The lowest BCUT2D eigenvalue weighted by molar-refractivity contribution is -0.137. The van der Waals surface area contributed by atoms with Gasteiger partial charge in [-0.05, 0) is 42.3 Å². The highest BCUT2D eigenvalue weighted by Gasteiger charge is 2.33. The van der Waals surface area contributed by atoms with Crippen LogP contribution in [0.3, 0.4) is 0 Å². The second-order valence-corrected chi connectivity index (χ2v) is 6.89. The van der Waals surface area contributed by atoms with Crippen molar-refractivity contribution in [2.45, 2.75) is 25.3 Å². The van der Waals surface area contributed by atoms with Crippen molar-refractivity contribution in [1.82, 2.24) is 10.4 Å². The Morgan fingerprint density at radius 3 is 2.43 bits per heavy atom. The molecule has 6 nitrogen and oxygen atoms in total. The zero-order chi connectivity index (χ0) is 21.9. The van der Waals surface area contributed by atoms with E-state index in [2.05, 4.69) is 0 Å². The van der Waals surface area contributed by atoms with Crippen molar-refractivity contribution in [2.24, 2.45) is 0 Å². The lowest BCUT2D eigenvalue weighted by Crippen LogP contribution is -2.42. The Morgan fingerprint density at radius 2 is 1.87 bits per heavy atom. The molecule has 2 aromatic rings. The Bertz CT molecular complexity index is 918. The lowest BCUT2D eigenvalue weighted by Gasteiger charge is -2.28. The number of hydrogen-bond donors (Lipinski definition) is 2. The SMILES string of the molecule is O=C(NO)c1ccc(CN(C(=O)N2CC[C@@H](F)C2)c2cccc(C(F)(F)F)c2)cc1. The molecule has 1 aliphatic rings. The van der Waals surface area contributed by atoms with Crippen LogP contribution in [-0.4, -0.2) is 41.3 Å². The number of rotatable bonds is 4. The highest BCUT2D eigenvalue weighted by Crippen LogP contribution is 2.32. The van der Waals surface area contributed by atoms with Crippen LogP contribution in [0.4, 0.5) is 28.0 Å². The Morgan fingerprint density at radius 1 is 1.17 bits per heavy atom. The van der Waals surface area contributed by atoms with E-state index in [0.717, 1.165) is 17.0 Å². The molecule has 0 radical (unpaired) electrons. The summed E-state index contributed by atoms with van der Waals surface area (Å²) in [6.45, 7) is -0.0381. The smallest absolute Gasteiger partial charge is 0.321 e. The summed E-state index contributed by atoms with van der Waals surface area (Å²) in [5, 5.41) is 8.68. The number of likely N-dealkylation sites (tertiary alicyclic amines) is 1. The first-order valence-electron chi connectivity index (χ1n) is 9.10. The van der Waals surface area contributed by atoms with Crippen LogP contribution in [0.15, 0.2) is 48.5 Å². The average Bonchev–Trinajstić information content (AvgIpc) is 3.17. The lowest BCUT2D eigenvalue weighted by atomic mass is 10.1. The summed E-state index contributed by atoms with van der Waals surface area (Å²) >= 11 is 0. The Hall–Kier alpha value is -3.14. The second-order valence-electron chi connectivity index (χ2n) is 6.89. The number of carbonyl (C=O) groups is 2. The number of carbonyl (C=O) groups excluding carboxylic acids is 2. The monoisotopic (exact) mass is 425 g/mol. The molecular formula is C20H19F4N3O3. The molecule has 3 amide bonds. The van der Waals surface area contributed by atoms with E-state index in [1.165, 1.54) is 46.8 Å². The number of amides is 3. The van der Waals surface area contributed by atoms with Crippen LogP contribution in [-0.2, 0) is 12.7 Å². The highest BCUT2D eigenvalue weighted by molar-refractivity contribution is 5.94. The third-order valence-electron chi connectivity index (χ3n) is 4.78. The summed E-state index contributed by atoms with van der Waals surface area (Å²) in [4.78, 5) is 26.8. The summed E-state index contributed by atoms with van der Waals surface area (Å²) in [5.74, 6) is -0.724. The number of hydrogen-bond acceptors (Lipinski definition) is 3. The van der Waals surface area contributed by atoms with E-state index in [9.17, 15) is 27.2 Å². The van der Waals surface area contributed by atoms with Gasteiger partial charge in [0.15, 0.2) is 0 Å². The molecule has 1 atom stereocenters. The largest absolute Gasteiger partial charge is 0.416 e. The topological polar surface area (TPSA) is 72.9 Å². The van der Waals surface area contributed by atoms with Crippen molar-refractivity contribution in [2.75, 3.05) is 18.0 Å². The maximum atomic E-state index is 13.6. The Balaban J connectivity index is 1.92. The molecule has 2 aromatic carbocycles. The van der Waals surface area contributed by atoms with E-state index in [0.29, 0.717) is 5.56 Å². The minimum atomic E-state index is -4.58. The summed E-state index contributed by atoms with van der Waals surface area (Å²) in [7, 11) is 0. The van der Waals surface area contributed by atoms with E-state index >= 15 is 0 Å². The summed E-state index contributed by atoms with van der Waals surface area (Å²) < 4.78 is 53.0. The van der Waals surface area contributed by atoms with Crippen LogP contribution in [0, 0.1) is 0 Å². The first-order chi connectivity index (χ1) is 14.2. The van der Waals surface area contributed by atoms with Gasteiger partial charge in [0.05, 0.1) is 18.7 Å². The van der Waals surface area contributed by atoms with E-state index in [-0.39, 0.29) is 37.3 Å². The quantitative estimate of drug-likeness (QED) is 0.442. The van der Waals surface area contributed by atoms with Crippen LogP contribution < -0.4 is 10.4 Å². The van der Waals surface area contributed by atoms with Gasteiger partial charge in [0.1, 0.15) is 6.17 Å². The molecule has 3 rings (SSSR count). The van der Waals surface area contributed by atoms with Crippen molar-refractivity contribution < 1.29 is 32.4 Å². The maximum absolute atomic E-state index is 13.6. The molecule has 10 heteroatoms. The maximum Gasteiger partial charge on any atom is 0.416 e. The predicted molar refractivity (Wildman–Crippen MR) is 99.8 cm³/mol. The fourth-order valence-electron chi connectivity index (χ4n) is 3.19. The molecule has 1 heterocycles. The number of benzene rings is 2. The van der Waals surface area contributed by atoms with Crippen molar-refractivity contribution >= 4 is 17.6 Å². The number of urea groups is 1. The third kappa shape index (κ3) is 4.88. The molecule has 1 aliphatic heterocycles. The van der Waals surface area contributed by atoms with Crippen LogP contribution >= 0.6 is 0 Å². The van der Waals surface area contributed by atoms with Crippen molar-refractivity contribution in [1.29, 1.82) is 0 Å². The van der Waals surface area contributed by atoms with Gasteiger partial charge in [0.25, 0.3) is 5.91 Å². The molecule has 0 aliphatic carbocycles. The number of halogens is 4. The number of hydroxylamine groups is 1. The number of alkyl halides is 4. The minimum absolute atomic E-state index is 0.0225. The summed E-state index contributed by atoms with van der Waals surface area (Å²) in [5.41, 5.74) is 1.31. The van der Waals surface area contributed by atoms with Gasteiger partial charge in [-0.2, -0.15) is 13.2 Å². The highest BCUT2D eigenvalue weighted by atomic mass is 19.4. The van der Waals surface area contributed by atoms with Gasteiger partial charge in [0, 0.05) is 17.8 Å². The number of nitrogens with zero attached hydrogens (tertiary/aromatic N) is 2. The zero-order valence-electron chi connectivity index (χ0n) is 15.7. The molecule has 160 valence electrons. The fourth-order valence-corrected chi connectivity index (χ4v) is 3.19. The van der Waals surface area contributed by atoms with Gasteiger partial charge in [-0.15, -0.1) is 0 Å². The van der Waals surface area contributed by atoms with Crippen LogP contribution in [0.5, 0.6) is 0 Å². The van der Waals surface area contributed by atoms with Crippen LogP contribution in [0.1, 0.15) is 27.9 Å². The van der Waals surface area contributed by atoms with Gasteiger partial charge in [-0.25, -0.2) is 14.7 Å². The van der Waals surface area contributed by atoms with Gasteiger partial charge in [0.2, 0.25) is 0 Å². The van der Waals surface area contributed by atoms with Crippen LogP contribution in [0.25, 0.3) is 0 Å². The summed E-state index contributed by atoms with van der Waals surface area (Å²) in [6, 6.07) is 9.59. The standard InChI is InChI=1S/C20H19F4N3O3/c21-16-8-9-26(12-16)19(29)27(17-3-1-2-15(10-17)20(22,23)24)11-13-4-6-14(7-5-13)18(28)25-30/h1-7,10,16,30H,8-9,11-12H2,(H,25,28)/t16-/m1/s1. The molecule has 0 saturated carbocycles. The van der Waals surface area contributed by atoms with Gasteiger partial charge < -0.3 is 4.90 Å². The van der Waals surface area contributed by atoms with Crippen molar-refractivity contribution in [3.05, 3.63) is 65.2 Å². The molecule has 0 spiro atoms. The van der Waals surface area contributed by atoms with Gasteiger partial charge >= 0.3 is 12.2 Å². The van der Waals surface area contributed by atoms with Crippen molar-refractivity contribution in [3.8, 4) is 0 Å². The third-order valence-corrected chi connectivity index (χ3v) is 4.78. The van der Waals surface area contributed by atoms with E-state index in [1.807, 2.05) is 0 Å². The zero-order valence-corrected chi connectivity index (χ0v) is 15.7. The number of anilines is 1. The molecule has 1 saturated heterocycles.